The molecular weight excluding hydrogens is 354 g/mol. The monoisotopic (exact) mass is 388 g/mol. The van der Waals surface area contributed by atoms with Crippen LogP contribution in [0.15, 0.2) is 12.2 Å². The van der Waals surface area contributed by atoms with Gasteiger partial charge in [-0.1, -0.05) is 31.9 Å². The summed E-state index contributed by atoms with van der Waals surface area (Å²) in [5.74, 6) is -0.424. The second kappa shape index (κ2) is 9.29. The lowest BCUT2D eigenvalue weighted by molar-refractivity contribution is -0.201. The minimum absolute atomic E-state index is 0.0671. The minimum atomic E-state index is -1.51. The number of unbranched alkanes of at least 4 members (excludes halogenated alkanes) is 1. The number of hydrogen-bond acceptors (Lipinski definition) is 4. The molecule has 0 aromatic heterocycles. The highest BCUT2D eigenvalue weighted by Crippen LogP contribution is 2.45. The molecular formula is C21H34F2O4. The molecule has 8 atom stereocenters. The maximum Gasteiger partial charge on any atom is 0.186 e. The highest BCUT2D eigenvalue weighted by molar-refractivity contribution is 5.08. The van der Waals surface area contributed by atoms with E-state index in [9.17, 15) is 9.50 Å². The third kappa shape index (κ3) is 5.08. The first-order chi connectivity index (χ1) is 12.9. The van der Waals surface area contributed by atoms with Crippen molar-refractivity contribution in [2.24, 2.45) is 11.8 Å². The van der Waals surface area contributed by atoms with Gasteiger partial charge in [-0.3, -0.25) is 0 Å². The van der Waals surface area contributed by atoms with Crippen LogP contribution in [0.4, 0.5) is 8.78 Å². The fourth-order valence-corrected chi connectivity index (χ4v) is 4.56. The van der Waals surface area contributed by atoms with Crippen LogP contribution in [0, 0.1) is 11.8 Å². The van der Waals surface area contributed by atoms with E-state index in [1.165, 1.54) is 0 Å². The van der Waals surface area contributed by atoms with E-state index in [0.717, 1.165) is 44.9 Å². The number of aliphatic hydroxyl groups excluding tert-OH is 1. The Bertz CT molecular complexity index is 491. The van der Waals surface area contributed by atoms with Gasteiger partial charge >= 0.3 is 0 Å². The zero-order valence-corrected chi connectivity index (χ0v) is 16.5. The van der Waals surface area contributed by atoms with Gasteiger partial charge in [0.15, 0.2) is 18.8 Å². The molecule has 6 heteroatoms. The van der Waals surface area contributed by atoms with Gasteiger partial charge in [-0.25, -0.2) is 8.78 Å². The number of alkyl halides is 2. The largest absolute Gasteiger partial charge is 0.366 e. The predicted molar refractivity (Wildman–Crippen MR) is 98.6 cm³/mol. The van der Waals surface area contributed by atoms with Crippen molar-refractivity contribution in [3.8, 4) is 0 Å². The second-order valence-corrected chi connectivity index (χ2v) is 8.45. The number of aliphatic hydroxyl groups is 1. The molecule has 4 unspecified atom stereocenters. The maximum absolute atomic E-state index is 15.4. The fraction of sp³-hybridized carbons (Fsp3) is 0.905. The van der Waals surface area contributed by atoms with Crippen molar-refractivity contribution in [3.63, 3.8) is 0 Å². The Morgan fingerprint density at radius 1 is 1.30 bits per heavy atom. The van der Waals surface area contributed by atoms with E-state index in [2.05, 4.69) is 0 Å². The standard InChI is InChI=1S/C21H34F2O4/c1-3-4-12-21(2,23)16(27-17-7-5-6-13-25-17)11-9-14-8-10-15-18(14)19(22)20(24)26-15/h9,11,14-20,24H,3-8,10,12-13H2,1-2H3/b11-9+/t14-,15+,16?,17?,18-,19+,20?,21?/m0/s1. The molecule has 0 aromatic rings. The number of halogens is 2. The van der Waals surface area contributed by atoms with Crippen LogP contribution < -0.4 is 0 Å². The van der Waals surface area contributed by atoms with Crippen LogP contribution >= 0.6 is 0 Å². The third-order valence-corrected chi connectivity index (χ3v) is 6.24. The van der Waals surface area contributed by atoms with Crippen LogP contribution in [0.3, 0.4) is 0 Å². The molecule has 2 saturated heterocycles. The lowest BCUT2D eigenvalue weighted by Crippen LogP contribution is -2.40. The average molecular weight is 388 g/mol. The zero-order chi connectivity index (χ0) is 19.4. The van der Waals surface area contributed by atoms with Crippen molar-refractivity contribution >= 4 is 0 Å². The number of rotatable bonds is 8. The fourth-order valence-electron chi connectivity index (χ4n) is 4.56. The zero-order valence-electron chi connectivity index (χ0n) is 16.5. The smallest absolute Gasteiger partial charge is 0.186 e. The van der Waals surface area contributed by atoms with Gasteiger partial charge in [-0.05, 0) is 51.4 Å². The lowest BCUT2D eigenvalue weighted by atomic mass is 9.88. The summed E-state index contributed by atoms with van der Waals surface area (Å²) in [4.78, 5) is 0. The molecule has 156 valence electrons. The number of hydrogen-bond donors (Lipinski definition) is 1. The minimum Gasteiger partial charge on any atom is -0.366 e. The van der Waals surface area contributed by atoms with Gasteiger partial charge < -0.3 is 19.3 Å². The highest BCUT2D eigenvalue weighted by atomic mass is 19.1. The van der Waals surface area contributed by atoms with Crippen LogP contribution in [-0.2, 0) is 14.2 Å². The van der Waals surface area contributed by atoms with Crippen molar-refractivity contribution in [1.82, 2.24) is 0 Å². The number of ether oxygens (including phenoxy) is 3. The third-order valence-electron chi connectivity index (χ3n) is 6.24. The van der Waals surface area contributed by atoms with Gasteiger partial charge in [-0.15, -0.1) is 0 Å². The summed E-state index contributed by atoms with van der Waals surface area (Å²) in [6.07, 6.45) is 5.98. The van der Waals surface area contributed by atoms with Crippen LogP contribution in [-0.4, -0.2) is 48.3 Å². The van der Waals surface area contributed by atoms with Gasteiger partial charge in [0.1, 0.15) is 11.8 Å². The molecule has 3 rings (SSSR count). The molecule has 4 nitrogen and oxygen atoms in total. The Balaban J connectivity index is 1.69. The molecule has 1 saturated carbocycles. The Morgan fingerprint density at radius 2 is 2.11 bits per heavy atom. The van der Waals surface area contributed by atoms with Gasteiger partial charge in [0.25, 0.3) is 0 Å². The molecule has 0 spiro atoms. The number of allylic oxidation sites excluding steroid dienone is 1. The molecule has 27 heavy (non-hydrogen) atoms. The van der Waals surface area contributed by atoms with E-state index in [1.807, 2.05) is 13.0 Å². The van der Waals surface area contributed by atoms with Crippen LogP contribution in [0.25, 0.3) is 0 Å². The molecule has 1 N–H and O–H groups in total. The summed E-state index contributed by atoms with van der Waals surface area (Å²) in [6, 6.07) is 0. The number of fused-ring (bicyclic) bond motifs is 1. The van der Waals surface area contributed by atoms with Gasteiger partial charge in [0.05, 0.1) is 6.10 Å². The van der Waals surface area contributed by atoms with Crippen molar-refractivity contribution in [1.29, 1.82) is 0 Å². The maximum atomic E-state index is 15.4. The summed E-state index contributed by atoms with van der Waals surface area (Å²) in [6.45, 7) is 4.26. The molecule has 2 aliphatic heterocycles. The van der Waals surface area contributed by atoms with Crippen molar-refractivity contribution in [2.75, 3.05) is 6.61 Å². The first kappa shape index (κ1) is 21.2. The Labute approximate surface area is 161 Å². The summed E-state index contributed by atoms with van der Waals surface area (Å²) in [7, 11) is 0. The van der Waals surface area contributed by atoms with Crippen LogP contribution in [0.2, 0.25) is 0 Å². The van der Waals surface area contributed by atoms with Crippen molar-refractivity contribution < 1.29 is 28.1 Å². The van der Waals surface area contributed by atoms with E-state index in [4.69, 9.17) is 14.2 Å². The van der Waals surface area contributed by atoms with E-state index in [0.29, 0.717) is 13.0 Å². The first-order valence-corrected chi connectivity index (χ1v) is 10.5. The summed E-state index contributed by atoms with van der Waals surface area (Å²) < 4.78 is 46.6. The average Bonchev–Trinajstić information content (AvgIpc) is 3.17. The van der Waals surface area contributed by atoms with Crippen LogP contribution in [0.5, 0.6) is 0 Å². The Morgan fingerprint density at radius 3 is 2.81 bits per heavy atom. The molecule has 3 fully saturated rings. The second-order valence-electron chi connectivity index (χ2n) is 8.45. The van der Waals surface area contributed by atoms with Crippen molar-refractivity contribution in [2.45, 2.75) is 102 Å². The van der Waals surface area contributed by atoms with E-state index in [1.54, 1.807) is 13.0 Å². The molecule has 1 aliphatic carbocycles. The molecule has 0 aromatic carbocycles. The molecule has 0 radical (unpaired) electrons. The lowest BCUT2D eigenvalue weighted by Gasteiger charge is -2.33. The summed E-state index contributed by atoms with van der Waals surface area (Å²) >= 11 is 0. The Hall–Kier alpha value is -0.560. The highest BCUT2D eigenvalue weighted by Gasteiger charge is 2.51. The van der Waals surface area contributed by atoms with E-state index < -0.39 is 24.2 Å². The SMILES string of the molecule is CCCCC(C)(F)C(/C=C/[C@@H]1CC[C@H]2OC(O)[C@H](F)[C@@H]12)OC1CCCCO1. The van der Waals surface area contributed by atoms with Gasteiger partial charge in [0.2, 0.25) is 0 Å². The molecule has 0 bridgehead atoms. The Kier molecular flexibility index (Phi) is 7.28. The molecule has 2 heterocycles. The van der Waals surface area contributed by atoms with Gasteiger partial charge in [0, 0.05) is 12.5 Å². The topological polar surface area (TPSA) is 47.9 Å². The first-order valence-electron chi connectivity index (χ1n) is 10.5. The quantitative estimate of drug-likeness (QED) is 0.624. The normalized spacial score (nSPS) is 40.2. The van der Waals surface area contributed by atoms with Crippen molar-refractivity contribution in [3.05, 3.63) is 12.2 Å². The predicted octanol–water partition coefficient (Wildman–Crippen LogP) is 4.45. The van der Waals surface area contributed by atoms with Crippen LogP contribution in [0.1, 0.15) is 65.2 Å². The van der Waals surface area contributed by atoms with Gasteiger partial charge in [-0.2, -0.15) is 0 Å². The summed E-state index contributed by atoms with van der Waals surface area (Å²) in [5.41, 5.74) is -1.51. The summed E-state index contributed by atoms with van der Waals surface area (Å²) in [5, 5.41) is 9.62. The van der Waals surface area contributed by atoms with E-state index >= 15 is 4.39 Å². The van der Waals surface area contributed by atoms with E-state index in [-0.39, 0.29) is 24.2 Å². The molecule has 0 amide bonds. The molecule has 3 aliphatic rings.